The molecule has 2 aromatic carbocycles. The van der Waals surface area contributed by atoms with Gasteiger partial charge in [0.25, 0.3) is 0 Å². The lowest BCUT2D eigenvalue weighted by Crippen LogP contribution is -2.03. The zero-order chi connectivity index (χ0) is 18.6. The van der Waals surface area contributed by atoms with Crippen LogP contribution in [0.4, 0.5) is 0 Å². The van der Waals surface area contributed by atoms with Gasteiger partial charge in [0.05, 0.1) is 7.11 Å². The molecule has 6 heteroatoms. The smallest absolute Gasteiger partial charge is 0.234 e. The minimum atomic E-state index is 0.303. The van der Waals surface area contributed by atoms with E-state index in [1.54, 1.807) is 18.4 Å². The van der Waals surface area contributed by atoms with E-state index in [9.17, 15) is 0 Å². The van der Waals surface area contributed by atoms with E-state index in [1.807, 2.05) is 16.6 Å². The van der Waals surface area contributed by atoms with Crippen molar-refractivity contribution in [2.45, 2.75) is 32.1 Å². The van der Waals surface area contributed by atoms with Crippen molar-refractivity contribution in [3.8, 4) is 5.75 Å². The summed E-state index contributed by atoms with van der Waals surface area (Å²) in [6.07, 6.45) is 2.87. The molecule has 4 aromatic rings. The van der Waals surface area contributed by atoms with Crippen LogP contribution in [0.5, 0.6) is 5.75 Å². The van der Waals surface area contributed by atoms with Crippen LogP contribution in [0.2, 0.25) is 0 Å². The topological polar surface area (TPSA) is 52.3 Å². The molecule has 0 fully saturated rings. The van der Waals surface area contributed by atoms with Gasteiger partial charge in [-0.15, -0.1) is 10.2 Å². The Labute approximate surface area is 162 Å². The van der Waals surface area contributed by atoms with E-state index in [1.165, 1.54) is 5.56 Å². The number of benzene rings is 2. The molecule has 0 N–H and O–H groups in total. The Bertz CT molecular complexity index is 1010. The molecule has 0 aliphatic rings. The molecule has 0 spiro atoms. The highest BCUT2D eigenvalue weighted by molar-refractivity contribution is 7.16. The van der Waals surface area contributed by atoms with Gasteiger partial charge in [-0.1, -0.05) is 67.1 Å². The fourth-order valence-corrected chi connectivity index (χ4v) is 4.28. The molecule has 5 nitrogen and oxygen atoms in total. The van der Waals surface area contributed by atoms with Gasteiger partial charge in [-0.25, -0.2) is 0 Å². The molecule has 0 unspecified atom stereocenters. The fourth-order valence-electron chi connectivity index (χ4n) is 3.26. The van der Waals surface area contributed by atoms with Crippen molar-refractivity contribution >= 4 is 16.3 Å². The van der Waals surface area contributed by atoms with Crippen LogP contribution in [-0.2, 0) is 6.42 Å². The molecule has 4 rings (SSSR count). The van der Waals surface area contributed by atoms with Gasteiger partial charge in [-0.3, -0.25) is 0 Å². The summed E-state index contributed by atoms with van der Waals surface area (Å²) in [6, 6.07) is 18.6. The summed E-state index contributed by atoms with van der Waals surface area (Å²) in [6.45, 7) is 2.21. The second-order valence-electron chi connectivity index (χ2n) is 6.53. The third kappa shape index (κ3) is 3.71. The zero-order valence-electron chi connectivity index (χ0n) is 15.5. The van der Waals surface area contributed by atoms with E-state index >= 15 is 0 Å². The molecule has 27 heavy (non-hydrogen) atoms. The van der Waals surface area contributed by atoms with E-state index in [2.05, 4.69) is 59.6 Å². The van der Waals surface area contributed by atoms with Crippen molar-refractivity contribution in [1.29, 1.82) is 0 Å². The number of nitrogens with zero attached hydrogens (tertiary/aromatic N) is 4. The van der Waals surface area contributed by atoms with Crippen LogP contribution in [0.15, 0.2) is 54.6 Å². The van der Waals surface area contributed by atoms with E-state index in [0.29, 0.717) is 12.3 Å². The van der Waals surface area contributed by atoms with E-state index in [0.717, 1.165) is 39.9 Å². The van der Waals surface area contributed by atoms with Crippen LogP contribution in [0.25, 0.3) is 4.96 Å². The maximum atomic E-state index is 5.23. The Kier molecular flexibility index (Phi) is 5.16. The average Bonchev–Trinajstić information content (AvgIpc) is 3.29. The molecular weight excluding hydrogens is 356 g/mol. The summed E-state index contributed by atoms with van der Waals surface area (Å²) in [5, 5.41) is 14.7. The van der Waals surface area contributed by atoms with Gasteiger partial charge in [-0.05, 0) is 29.7 Å². The third-order valence-corrected chi connectivity index (χ3v) is 5.68. The summed E-state index contributed by atoms with van der Waals surface area (Å²) >= 11 is 1.64. The highest BCUT2D eigenvalue weighted by Gasteiger charge is 2.20. The van der Waals surface area contributed by atoms with Crippen LogP contribution in [0, 0.1) is 0 Å². The van der Waals surface area contributed by atoms with E-state index in [-0.39, 0.29) is 0 Å². The second kappa shape index (κ2) is 7.88. The fraction of sp³-hybridized carbons (Fsp3) is 0.286. The summed E-state index contributed by atoms with van der Waals surface area (Å²) in [5.74, 6) is 2.02. The summed E-state index contributed by atoms with van der Waals surface area (Å²) in [5.41, 5.74) is 2.47. The number of rotatable bonds is 7. The predicted molar refractivity (Wildman–Crippen MR) is 108 cm³/mol. The third-order valence-electron chi connectivity index (χ3n) is 4.67. The van der Waals surface area contributed by atoms with Gasteiger partial charge in [0.1, 0.15) is 10.8 Å². The summed E-state index contributed by atoms with van der Waals surface area (Å²) in [4.78, 5) is 0.852. The first-order valence-corrected chi connectivity index (χ1v) is 9.99. The van der Waals surface area contributed by atoms with Gasteiger partial charge in [0.15, 0.2) is 5.82 Å². The molecule has 2 aromatic heterocycles. The highest BCUT2D eigenvalue weighted by atomic mass is 32.1. The van der Waals surface area contributed by atoms with Gasteiger partial charge < -0.3 is 4.74 Å². The van der Waals surface area contributed by atoms with Gasteiger partial charge in [-0.2, -0.15) is 9.61 Å². The molecule has 0 radical (unpaired) electrons. The lowest BCUT2D eigenvalue weighted by atomic mass is 9.95. The maximum absolute atomic E-state index is 5.23. The van der Waals surface area contributed by atoms with Gasteiger partial charge in [0, 0.05) is 12.3 Å². The monoisotopic (exact) mass is 378 g/mol. The quantitative estimate of drug-likeness (QED) is 0.467. The van der Waals surface area contributed by atoms with Gasteiger partial charge in [0.2, 0.25) is 4.96 Å². The largest absolute Gasteiger partial charge is 0.497 e. The molecule has 0 saturated heterocycles. The van der Waals surface area contributed by atoms with Crippen LogP contribution in [0.1, 0.15) is 47.6 Å². The van der Waals surface area contributed by atoms with Crippen LogP contribution in [-0.4, -0.2) is 26.9 Å². The molecule has 0 amide bonds. The first-order valence-electron chi connectivity index (χ1n) is 9.17. The van der Waals surface area contributed by atoms with E-state index in [4.69, 9.17) is 9.84 Å². The van der Waals surface area contributed by atoms with Crippen molar-refractivity contribution in [3.63, 3.8) is 0 Å². The predicted octanol–water partition coefficient (Wildman–Crippen LogP) is 4.72. The van der Waals surface area contributed by atoms with Crippen molar-refractivity contribution in [2.75, 3.05) is 7.11 Å². The van der Waals surface area contributed by atoms with Crippen molar-refractivity contribution in [2.24, 2.45) is 0 Å². The minimum absolute atomic E-state index is 0.303. The van der Waals surface area contributed by atoms with Crippen molar-refractivity contribution in [1.82, 2.24) is 19.8 Å². The summed E-state index contributed by atoms with van der Waals surface area (Å²) < 4.78 is 7.12. The number of methoxy groups -OCH3 is 1. The molecule has 2 heterocycles. The minimum Gasteiger partial charge on any atom is -0.497 e. The molecule has 0 aliphatic carbocycles. The number of hydrogen-bond donors (Lipinski definition) is 0. The Morgan fingerprint density at radius 3 is 2.52 bits per heavy atom. The standard InChI is InChI=1S/C21H22N4OS/c1-3-7-18(16-8-5-4-6-9-16)20-24-25-19(22-23-21(25)27-20)14-15-10-12-17(26-2)13-11-15/h4-6,8-13,18H,3,7,14H2,1-2H3/t18-/m1/s1. The van der Waals surface area contributed by atoms with Crippen LogP contribution < -0.4 is 4.74 Å². The first-order chi connectivity index (χ1) is 13.3. The zero-order valence-corrected chi connectivity index (χ0v) is 16.3. The molecule has 0 saturated carbocycles. The van der Waals surface area contributed by atoms with E-state index < -0.39 is 0 Å². The number of fused-ring (bicyclic) bond motifs is 1. The number of ether oxygens (including phenoxy) is 1. The second-order valence-corrected chi connectivity index (χ2v) is 7.52. The molecule has 1 atom stereocenters. The number of aromatic nitrogens is 4. The Morgan fingerprint density at radius 2 is 1.81 bits per heavy atom. The lowest BCUT2D eigenvalue weighted by Gasteiger charge is -2.13. The number of hydrogen-bond acceptors (Lipinski definition) is 5. The molecule has 0 aliphatic heterocycles. The molecule has 138 valence electrons. The maximum Gasteiger partial charge on any atom is 0.234 e. The van der Waals surface area contributed by atoms with Crippen molar-refractivity contribution < 1.29 is 4.74 Å². The summed E-state index contributed by atoms with van der Waals surface area (Å²) in [7, 11) is 1.67. The highest BCUT2D eigenvalue weighted by Crippen LogP contribution is 2.32. The molecule has 0 bridgehead atoms. The normalized spacial score (nSPS) is 12.4. The Morgan fingerprint density at radius 1 is 1.04 bits per heavy atom. The lowest BCUT2D eigenvalue weighted by molar-refractivity contribution is 0.414. The van der Waals surface area contributed by atoms with Crippen LogP contribution in [0.3, 0.4) is 0 Å². The SMILES string of the molecule is CCC[C@H](c1ccccc1)c1nn2c(Cc3ccc(OC)cc3)nnc2s1. The van der Waals surface area contributed by atoms with Gasteiger partial charge >= 0.3 is 0 Å². The Hall–Kier alpha value is -2.73. The average molecular weight is 379 g/mol. The molecular formula is C21H22N4OS. The van der Waals surface area contributed by atoms with Crippen molar-refractivity contribution in [3.05, 3.63) is 76.6 Å². The van der Waals surface area contributed by atoms with Crippen LogP contribution >= 0.6 is 11.3 Å². The Balaban J connectivity index is 1.64. The first kappa shape index (κ1) is 17.7.